The summed E-state index contributed by atoms with van der Waals surface area (Å²) in [5, 5.41) is 10.4. The monoisotopic (exact) mass is 558 g/mol. The molecule has 0 saturated heterocycles. The summed E-state index contributed by atoms with van der Waals surface area (Å²) < 4.78 is 73.9. The lowest BCUT2D eigenvalue weighted by Gasteiger charge is -2.54. The van der Waals surface area contributed by atoms with Crippen LogP contribution in [-0.4, -0.2) is 35.8 Å². The highest BCUT2D eigenvalue weighted by atomic mass is 127. The second kappa shape index (κ2) is 7.00. The van der Waals surface area contributed by atoms with Gasteiger partial charge >= 0.3 is 0 Å². The Bertz CT molecular complexity index is 1080. The number of aliphatic hydroxyl groups excluding tert-OH is 1. The number of benzene rings is 2. The molecule has 1 aliphatic carbocycles. The van der Waals surface area contributed by atoms with Gasteiger partial charge in [-0.05, 0) is 49.2 Å². The average Bonchev–Trinajstić information content (AvgIpc) is 2.68. The van der Waals surface area contributed by atoms with E-state index in [0.717, 1.165) is 12.1 Å². The molecule has 1 fully saturated rings. The van der Waals surface area contributed by atoms with Crippen LogP contribution in [0, 0.1) is 11.6 Å². The van der Waals surface area contributed by atoms with Gasteiger partial charge in [0, 0.05) is 5.02 Å². The SMILES string of the molecule is O=S(=O)(c1ccc(Cl)cc1)[C@@]12CC[C@H](O)[C@@H](F)[C@]1(I)COc1c(F)ccc(F)c12. The molecule has 1 saturated carbocycles. The van der Waals surface area contributed by atoms with Gasteiger partial charge in [-0.15, -0.1) is 0 Å². The topological polar surface area (TPSA) is 63.6 Å². The highest BCUT2D eigenvalue weighted by Gasteiger charge is 2.71. The minimum absolute atomic E-state index is 0.206. The maximum atomic E-state index is 15.3. The van der Waals surface area contributed by atoms with Crippen molar-refractivity contribution < 1.29 is 31.4 Å². The number of sulfone groups is 1. The number of aliphatic hydroxyl groups is 1. The maximum absolute atomic E-state index is 15.3. The molecule has 29 heavy (non-hydrogen) atoms. The van der Waals surface area contributed by atoms with Crippen molar-refractivity contribution in [1.82, 2.24) is 0 Å². The number of hydrogen-bond acceptors (Lipinski definition) is 4. The Labute approximate surface area is 184 Å². The van der Waals surface area contributed by atoms with Gasteiger partial charge < -0.3 is 9.84 Å². The molecule has 10 heteroatoms. The van der Waals surface area contributed by atoms with Gasteiger partial charge in [-0.25, -0.2) is 21.6 Å². The molecule has 4 atom stereocenters. The van der Waals surface area contributed by atoms with Gasteiger partial charge in [-0.2, -0.15) is 0 Å². The Morgan fingerprint density at radius 3 is 2.41 bits per heavy atom. The van der Waals surface area contributed by atoms with Gasteiger partial charge in [-0.3, -0.25) is 0 Å². The summed E-state index contributed by atoms with van der Waals surface area (Å²) in [6.07, 6.45) is -4.05. The predicted molar refractivity (Wildman–Crippen MR) is 109 cm³/mol. The Kier molecular flexibility index (Phi) is 5.12. The Balaban J connectivity index is 2.10. The number of rotatable bonds is 2. The van der Waals surface area contributed by atoms with Crippen LogP contribution < -0.4 is 4.74 Å². The van der Waals surface area contributed by atoms with Crippen molar-refractivity contribution in [3.05, 3.63) is 58.6 Å². The fourth-order valence-corrected chi connectivity index (χ4v) is 8.76. The number of alkyl halides is 2. The number of fused-ring (bicyclic) bond motifs is 3. The molecule has 0 spiro atoms. The minimum Gasteiger partial charge on any atom is -0.488 e. The van der Waals surface area contributed by atoms with Crippen LogP contribution >= 0.6 is 34.2 Å². The average molecular weight is 559 g/mol. The molecule has 2 aromatic rings. The molecule has 4 nitrogen and oxygen atoms in total. The first-order valence-electron chi connectivity index (χ1n) is 8.69. The molecular weight excluding hydrogens is 544 g/mol. The zero-order valence-electron chi connectivity index (χ0n) is 14.7. The van der Waals surface area contributed by atoms with Crippen LogP contribution in [0.5, 0.6) is 5.75 Å². The second-order valence-corrected chi connectivity index (χ2v) is 11.7. The van der Waals surface area contributed by atoms with Crippen molar-refractivity contribution >= 4 is 44.0 Å². The summed E-state index contributed by atoms with van der Waals surface area (Å²) in [6.45, 7) is -0.550. The standard InChI is InChI=1S/C19H15ClF3IO4S/c20-10-1-3-11(4-2-10)29(26,27)19-8-7-14(25)17(23)18(19,24)9-28-16-13(22)6-5-12(21)15(16)19/h1-6,14,17,25H,7-9H2/t14-,17+,18+,19+/m0/s1. The van der Waals surface area contributed by atoms with E-state index in [9.17, 15) is 17.9 Å². The lowest BCUT2D eigenvalue weighted by atomic mass is 9.71. The smallest absolute Gasteiger partial charge is 0.190 e. The predicted octanol–water partition coefficient (Wildman–Crippen LogP) is 4.35. The highest BCUT2D eigenvalue weighted by Crippen LogP contribution is 2.62. The van der Waals surface area contributed by atoms with Crippen LogP contribution in [0.25, 0.3) is 0 Å². The fraction of sp³-hybridized carbons (Fsp3) is 0.368. The number of ether oxygens (including phenoxy) is 1. The van der Waals surface area contributed by atoms with Crippen LogP contribution in [0.1, 0.15) is 18.4 Å². The molecule has 2 aromatic carbocycles. The van der Waals surface area contributed by atoms with Gasteiger partial charge in [0.2, 0.25) is 0 Å². The third-order valence-corrected chi connectivity index (χ3v) is 10.7. The van der Waals surface area contributed by atoms with Crippen LogP contribution in [0.15, 0.2) is 41.3 Å². The molecule has 0 unspecified atom stereocenters. The summed E-state index contributed by atoms with van der Waals surface area (Å²) in [5.41, 5.74) is -0.539. The van der Waals surface area contributed by atoms with E-state index in [1.165, 1.54) is 24.3 Å². The van der Waals surface area contributed by atoms with Crippen molar-refractivity contribution in [2.24, 2.45) is 0 Å². The van der Waals surface area contributed by atoms with E-state index in [1.54, 1.807) is 22.6 Å². The largest absolute Gasteiger partial charge is 0.488 e. The van der Waals surface area contributed by atoms with Crippen molar-refractivity contribution in [3.8, 4) is 5.75 Å². The summed E-state index contributed by atoms with van der Waals surface area (Å²) in [7, 11) is -4.47. The zero-order chi connectivity index (χ0) is 21.2. The van der Waals surface area contributed by atoms with Crippen molar-refractivity contribution in [1.29, 1.82) is 0 Å². The first-order chi connectivity index (χ1) is 13.6. The molecule has 0 bridgehead atoms. The summed E-state index contributed by atoms with van der Waals surface area (Å²) in [4.78, 5) is -0.206. The molecule has 4 rings (SSSR count). The first kappa shape index (κ1) is 21.2. The van der Waals surface area contributed by atoms with E-state index in [0.29, 0.717) is 0 Å². The molecule has 1 aliphatic heterocycles. The summed E-state index contributed by atoms with van der Waals surface area (Å²) in [6, 6.07) is 6.83. The molecule has 156 valence electrons. The van der Waals surface area contributed by atoms with Gasteiger partial charge in [0.25, 0.3) is 0 Å². The minimum atomic E-state index is -4.47. The lowest BCUT2D eigenvalue weighted by Crippen LogP contribution is -2.68. The molecule has 2 aliphatic rings. The third-order valence-electron chi connectivity index (χ3n) is 5.71. The van der Waals surface area contributed by atoms with Gasteiger partial charge in [0.15, 0.2) is 21.4 Å². The van der Waals surface area contributed by atoms with E-state index in [2.05, 4.69) is 0 Å². The normalized spacial score (nSPS) is 31.5. The van der Waals surface area contributed by atoms with E-state index in [1.807, 2.05) is 0 Å². The fourth-order valence-electron chi connectivity index (χ4n) is 4.30. The van der Waals surface area contributed by atoms with E-state index < -0.39 is 59.8 Å². The van der Waals surface area contributed by atoms with E-state index >= 15 is 8.78 Å². The van der Waals surface area contributed by atoms with Crippen LogP contribution in [0.2, 0.25) is 5.02 Å². The quantitative estimate of drug-likeness (QED) is 0.440. The van der Waals surface area contributed by atoms with Crippen LogP contribution in [0.4, 0.5) is 13.2 Å². The Morgan fingerprint density at radius 2 is 1.76 bits per heavy atom. The van der Waals surface area contributed by atoms with E-state index in [-0.39, 0.29) is 22.8 Å². The number of halogens is 5. The van der Waals surface area contributed by atoms with Gasteiger partial charge in [0.05, 0.1) is 16.6 Å². The highest BCUT2D eigenvalue weighted by molar-refractivity contribution is 14.1. The van der Waals surface area contributed by atoms with Crippen molar-refractivity contribution in [3.63, 3.8) is 0 Å². The van der Waals surface area contributed by atoms with Crippen LogP contribution in [0.3, 0.4) is 0 Å². The lowest BCUT2D eigenvalue weighted by molar-refractivity contribution is -0.0138. The molecule has 0 radical (unpaired) electrons. The van der Waals surface area contributed by atoms with E-state index in [4.69, 9.17) is 16.3 Å². The third kappa shape index (κ3) is 2.76. The van der Waals surface area contributed by atoms with Crippen LogP contribution in [-0.2, 0) is 14.6 Å². The first-order valence-corrected chi connectivity index (χ1v) is 11.6. The van der Waals surface area contributed by atoms with Crippen molar-refractivity contribution in [2.75, 3.05) is 6.61 Å². The van der Waals surface area contributed by atoms with Gasteiger partial charge in [-0.1, -0.05) is 34.2 Å². The molecule has 0 amide bonds. The Hall–Kier alpha value is -1.04. The number of hydrogen-bond donors (Lipinski definition) is 1. The van der Waals surface area contributed by atoms with Crippen molar-refractivity contribution in [2.45, 2.75) is 38.2 Å². The summed E-state index contributed by atoms with van der Waals surface area (Å²) >= 11 is 7.45. The molecule has 0 aromatic heterocycles. The summed E-state index contributed by atoms with van der Waals surface area (Å²) in [5.74, 6) is -2.49. The zero-order valence-corrected chi connectivity index (χ0v) is 18.4. The molecular formula is C19H15ClF3IO4S. The second-order valence-electron chi connectivity index (χ2n) is 7.18. The Morgan fingerprint density at radius 1 is 1.14 bits per heavy atom. The molecule has 1 N–H and O–H groups in total. The maximum Gasteiger partial charge on any atom is 0.190 e. The van der Waals surface area contributed by atoms with Gasteiger partial charge in [0.1, 0.15) is 26.8 Å². The molecule has 1 heterocycles.